The number of oxazole rings is 1. The normalized spacial score (nSPS) is 10.4. The number of nitrogens with two attached hydrogens (primary N) is 1. The lowest BCUT2D eigenvalue weighted by Crippen LogP contribution is -2.15. The summed E-state index contributed by atoms with van der Waals surface area (Å²) in [5.41, 5.74) is 7.28. The molecule has 6 heteroatoms. The van der Waals surface area contributed by atoms with Crippen molar-refractivity contribution >= 4 is 17.6 Å². The van der Waals surface area contributed by atoms with E-state index in [1.807, 2.05) is 0 Å². The average molecular weight is 220 g/mol. The lowest BCUT2D eigenvalue weighted by atomic mass is 10.4. The third kappa shape index (κ3) is 1.90. The van der Waals surface area contributed by atoms with E-state index in [9.17, 15) is 4.79 Å². The van der Waals surface area contributed by atoms with Crippen LogP contribution in [0.5, 0.6) is 0 Å². The molecule has 1 amide bonds. The fourth-order valence-corrected chi connectivity index (χ4v) is 1.39. The van der Waals surface area contributed by atoms with Gasteiger partial charge in [-0.05, 0) is 13.0 Å². The Bertz CT molecular complexity index is 527. The van der Waals surface area contributed by atoms with Gasteiger partial charge in [-0.3, -0.25) is 10.1 Å². The van der Waals surface area contributed by atoms with Crippen molar-refractivity contribution < 1.29 is 9.21 Å². The van der Waals surface area contributed by atoms with Crippen molar-refractivity contribution in [1.29, 1.82) is 0 Å². The fourth-order valence-electron chi connectivity index (χ4n) is 1.39. The number of carbonyl (C=O) groups is 1. The predicted molar refractivity (Wildman–Crippen MR) is 59.0 cm³/mol. The number of rotatable bonds is 2. The van der Waals surface area contributed by atoms with Crippen LogP contribution in [0.3, 0.4) is 0 Å². The van der Waals surface area contributed by atoms with E-state index in [0.29, 0.717) is 17.1 Å². The molecule has 0 aromatic carbocycles. The van der Waals surface area contributed by atoms with Gasteiger partial charge in [-0.15, -0.1) is 0 Å². The highest BCUT2D eigenvalue weighted by molar-refractivity contribution is 6.02. The molecule has 0 aliphatic heterocycles. The zero-order chi connectivity index (χ0) is 11.7. The Labute approximate surface area is 92.1 Å². The molecular formula is C10H12N4O2. The lowest BCUT2D eigenvalue weighted by molar-refractivity contribution is 0.101. The van der Waals surface area contributed by atoms with Crippen LogP contribution in [-0.4, -0.2) is 15.5 Å². The maximum atomic E-state index is 11.8. The van der Waals surface area contributed by atoms with Gasteiger partial charge in [0.05, 0.1) is 11.4 Å². The molecule has 0 unspecified atom stereocenters. The molecule has 0 saturated heterocycles. The topological polar surface area (TPSA) is 86.1 Å². The molecule has 2 aromatic heterocycles. The van der Waals surface area contributed by atoms with Crippen LogP contribution in [0.2, 0.25) is 0 Å². The number of anilines is 2. The molecule has 0 atom stereocenters. The molecule has 0 radical (unpaired) electrons. The van der Waals surface area contributed by atoms with Gasteiger partial charge in [-0.2, -0.15) is 4.98 Å². The summed E-state index contributed by atoms with van der Waals surface area (Å²) in [6, 6.07) is 1.77. The molecule has 16 heavy (non-hydrogen) atoms. The van der Waals surface area contributed by atoms with E-state index in [4.69, 9.17) is 10.2 Å². The van der Waals surface area contributed by atoms with E-state index < -0.39 is 0 Å². The van der Waals surface area contributed by atoms with Gasteiger partial charge in [0.25, 0.3) is 5.91 Å². The Morgan fingerprint density at radius 2 is 2.38 bits per heavy atom. The predicted octanol–water partition coefficient (Wildman–Crippen LogP) is 1.16. The van der Waals surface area contributed by atoms with Gasteiger partial charge in [0.1, 0.15) is 12.0 Å². The molecular weight excluding hydrogens is 208 g/mol. The summed E-state index contributed by atoms with van der Waals surface area (Å²) in [6.45, 7) is 1.78. The third-order valence-corrected chi connectivity index (χ3v) is 2.10. The van der Waals surface area contributed by atoms with Crippen molar-refractivity contribution in [2.24, 2.45) is 7.05 Å². The van der Waals surface area contributed by atoms with Crippen molar-refractivity contribution in [3.8, 4) is 0 Å². The van der Waals surface area contributed by atoms with Crippen molar-refractivity contribution in [1.82, 2.24) is 9.55 Å². The first-order valence-electron chi connectivity index (χ1n) is 4.71. The number of hydrogen-bond donors (Lipinski definition) is 2. The molecule has 84 valence electrons. The number of nitrogen functional groups attached to an aromatic ring is 1. The summed E-state index contributed by atoms with van der Waals surface area (Å²) < 4.78 is 6.66. The number of amides is 1. The molecule has 3 N–H and O–H groups in total. The smallest absolute Gasteiger partial charge is 0.301 e. The molecule has 0 bridgehead atoms. The van der Waals surface area contributed by atoms with Crippen molar-refractivity contribution in [2.75, 3.05) is 11.1 Å². The minimum atomic E-state index is -0.305. The number of nitrogens with zero attached hydrogens (tertiary/aromatic N) is 2. The van der Waals surface area contributed by atoms with E-state index in [1.54, 1.807) is 30.8 Å². The van der Waals surface area contributed by atoms with Crippen LogP contribution in [0.15, 0.2) is 22.9 Å². The highest BCUT2D eigenvalue weighted by Gasteiger charge is 2.13. The number of hydrogen-bond acceptors (Lipinski definition) is 4. The second-order valence-electron chi connectivity index (χ2n) is 3.52. The van der Waals surface area contributed by atoms with E-state index in [0.717, 1.165) is 0 Å². The van der Waals surface area contributed by atoms with E-state index in [2.05, 4.69) is 10.3 Å². The maximum Gasteiger partial charge on any atom is 0.301 e. The fraction of sp³-hybridized carbons (Fsp3) is 0.200. The quantitative estimate of drug-likeness (QED) is 0.795. The Hall–Kier alpha value is -2.24. The molecule has 6 nitrogen and oxygen atoms in total. The minimum Gasteiger partial charge on any atom is -0.432 e. The Morgan fingerprint density at radius 3 is 2.88 bits per heavy atom. The monoisotopic (exact) mass is 220 g/mol. The van der Waals surface area contributed by atoms with E-state index in [1.165, 1.54) is 6.26 Å². The van der Waals surface area contributed by atoms with Crippen LogP contribution in [0.4, 0.5) is 11.7 Å². The minimum absolute atomic E-state index is 0.183. The molecule has 0 spiro atoms. The zero-order valence-corrected chi connectivity index (χ0v) is 9.02. The molecule has 2 rings (SSSR count). The van der Waals surface area contributed by atoms with Gasteiger partial charge in [0.2, 0.25) is 0 Å². The molecule has 0 saturated carbocycles. The van der Waals surface area contributed by atoms with Gasteiger partial charge < -0.3 is 14.7 Å². The van der Waals surface area contributed by atoms with Crippen molar-refractivity contribution in [3.63, 3.8) is 0 Å². The maximum absolute atomic E-state index is 11.8. The largest absolute Gasteiger partial charge is 0.432 e. The average Bonchev–Trinajstić information content (AvgIpc) is 2.73. The summed E-state index contributed by atoms with van der Waals surface area (Å²) in [4.78, 5) is 15.7. The third-order valence-electron chi connectivity index (χ3n) is 2.10. The highest BCUT2D eigenvalue weighted by Crippen LogP contribution is 2.12. The summed E-state index contributed by atoms with van der Waals surface area (Å²) in [6.07, 6.45) is 3.13. The summed E-state index contributed by atoms with van der Waals surface area (Å²) in [5.74, 6) is -0.305. The van der Waals surface area contributed by atoms with Crippen molar-refractivity contribution in [2.45, 2.75) is 6.92 Å². The first-order chi connectivity index (χ1) is 7.56. The first-order valence-corrected chi connectivity index (χ1v) is 4.71. The zero-order valence-electron chi connectivity index (χ0n) is 9.02. The molecule has 2 heterocycles. The van der Waals surface area contributed by atoms with E-state index in [-0.39, 0.29) is 11.9 Å². The Kier molecular flexibility index (Phi) is 2.40. The van der Waals surface area contributed by atoms with Crippen LogP contribution in [0.1, 0.15) is 16.2 Å². The van der Waals surface area contributed by atoms with Crippen LogP contribution in [0.25, 0.3) is 0 Å². The van der Waals surface area contributed by atoms with Crippen LogP contribution in [0, 0.1) is 6.92 Å². The van der Waals surface area contributed by atoms with E-state index >= 15 is 0 Å². The first kappa shape index (κ1) is 10.3. The second-order valence-corrected chi connectivity index (χ2v) is 3.52. The number of carbonyl (C=O) groups excluding carboxylic acids is 1. The Balaban J connectivity index is 2.17. The lowest BCUT2D eigenvalue weighted by Gasteiger charge is -2.01. The van der Waals surface area contributed by atoms with Crippen LogP contribution < -0.4 is 11.1 Å². The second kappa shape index (κ2) is 3.73. The van der Waals surface area contributed by atoms with Crippen LogP contribution in [-0.2, 0) is 7.05 Å². The van der Waals surface area contributed by atoms with Gasteiger partial charge in [-0.1, -0.05) is 0 Å². The molecule has 0 fully saturated rings. The summed E-state index contributed by atoms with van der Waals surface area (Å²) >= 11 is 0. The number of aromatic nitrogens is 2. The van der Waals surface area contributed by atoms with Gasteiger partial charge in [0.15, 0.2) is 0 Å². The molecule has 0 aliphatic carbocycles. The summed E-state index contributed by atoms with van der Waals surface area (Å²) in [7, 11) is 1.74. The van der Waals surface area contributed by atoms with Gasteiger partial charge >= 0.3 is 6.01 Å². The summed E-state index contributed by atoms with van der Waals surface area (Å²) in [5, 5.41) is 2.54. The number of nitrogens with one attached hydrogen (secondary N) is 1. The van der Waals surface area contributed by atoms with Crippen molar-refractivity contribution in [3.05, 3.63) is 29.9 Å². The SMILES string of the molecule is Cc1coc(NC(=O)c2cc(N)cn2C)n1. The van der Waals surface area contributed by atoms with Gasteiger partial charge in [0, 0.05) is 13.2 Å². The standard InChI is InChI=1S/C10H12N4O2/c1-6-5-16-10(12-6)13-9(15)8-3-7(11)4-14(8)2/h3-5H,11H2,1-2H3,(H,12,13,15). The molecule has 2 aromatic rings. The Morgan fingerprint density at radius 1 is 1.62 bits per heavy atom. The van der Waals surface area contributed by atoms with Gasteiger partial charge in [-0.25, -0.2) is 0 Å². The van der Waals surface area contributed by atoms with Crippen LogP contribution >= 0.6 is 0 Å². The molecule has 0 aliphatic rings. The number of aryl methyl sites for hydroxylation is 2. The highest BCUT2D eigenvalue weighted by atomic mass is 16.4.